The Morgan fingerprint density at radius 3 is 2.22 bits per heavy atom. The van der Waals surface area contributed by atoms with Gasteiger partial charge in [0.15, 0.2) is 0 Å². The highest BCUT2D eigenvalue weighted by molar-refractivity contribution is 7.92. The summed E-state index contributed by atoms with van der Waals surface area (Å²) < 4.78 is 34.9. The number of carbonyl (C=O) groups is 2. The molecule has 0 aliphatic heterocycles. The highest BCUT2D eigenvalue weighted by Crippen LogP contribution is 2.33. The van der Waals surface area contributed by atoms with Gasteiger partial charge in [0.25, 0.3) is 10.0 Å². The van der Waals surface area contributed by atoms with Crippen molar-refractivity contribution in [3.8, 4) is 5.75 Å². The molecule has 0 aromatic heterocycles. The van der Waals surface area contributed by atoms with E-state index in [1.807, 2.05) is 58.9 Å². The molecule has 2 atom stereocenters. The smallest absolute Gasteiger partial charge is 0.264 e. The van der Waals surface area contributed by atoms with Gasteiger partial charge in [0.2, 0.25) is 11.8 Å². The first-order valence-electron chi connectivity index (χ1n) is 14.1. The van der Waals surface area contributed by atoms with Crippen LogP contribution in [0.5, 0.6) is 5.75 Å². The molecule has 0 bridgehead atoms. The Balaban J connectivity index is 2.10. The van der Waals surface area contributed by atoms with Gasteiger partial charge in [-0.2, -0.15) is 0 Å². The third-order valence-electron chi connectivity index (χ3n) is 6.87. The van der Waals surface area contributed by atoms with E-state index in [2.05, 4.69) is 5.32 Å². The second kappa shape index (κ2) is 14.7. The molecule has 0 saturated carbocycles. The van der Waals surface area contributed by atoms with E-state index in [0.717, 1.165) is 21.9 Å². The van der Waals surface area contributed by atoms with E-state index in [1.165, 1.54) is 17.0 Å². The zero-order valence-corrected chi connectivity index (χ0v) is 25.4. The van der Waals surface area contributed by atoms with Crippen molar-refractivity contribution in [2.45, 2.75) is 71.0 Å². The van der Waals surface area contributed by atoms with Crippen LogP contribution in [0.3, 0.4) is 0 Å². The predicted molar refractivity (Wildman–Crippen MR) is 162 cm³/mol. The molecule has 0 unspecified atom stereocenters. The summed E-state index contributed by atoms with van der Waals surface area (Å²) in [5.74, 6) is -0.424. The molecule has 0 radical (unpaired) electrons. The van der Waals surface area contributed by atoms with Gasteiger partial charge in [-0.1, -0.05) is 74.0 Å². The molecule has 8 nitrogen and oxygen atoms in total. The third kappa shape index (κ3) is 8.10. The third-order valence-corrected chi connectivity index (χ3v) is 8.64. The number of anilines is 1. The van der Waals surface area contributed by atoms with E-state index in [1.54, 1.807) is 42.5 Å². The van der Waals surface area contributed by atoms with Crippen molar-refractivity contribution in [3.63, 3.8) is 0 Å². The number of amides is 2. The number of rotatable bonds is 14. The van der Waals surface area contributed by atoms with Crippen LogP contribution in [0.25, 0.3) is 0 Å². The minimum absolute atomic E-state index is 0.0471. The van der Waals surface area contributed by atoms with Gasteiger partial charge in [-0.05, 0) is 63.4 Å². The van der Waals surface area contributed by atoms with Crippen molar-refractivity contribution < 1.29 is 22.7 Å². The maximum absolute atomic E-state index is 14.2. The highest BCUT2D eigenvalue weighted by Gasteiger charge is 2.35. The summed E-state index contributed by atoms with van der Waals surface area (Å²) in [4.78, 5) is 29.2. The molecule has 3 rings (SSSR count). The van der Waals surface area contributed by atoms with Crippen LogP contribution < -0.4 is 14.4 Å². The number of hydrogen-bond acceptors (Lipinski definition) is 5. The number of sulfonamides is 1. The average molecular weight is 580 g/mol. The molecule has 0 aliphatic rings. The van der Waals surface area contributed by atoms with Crippen LogP contribution in [-0.4, -0.2) is 50.4 Å². The molecule has 9 heteroatoms. The minimum atomic E-state index is -4.17. The number of benzene rings is 3. The van der Waals surface area contributed by atoms with Gasteiger partial charge >= 0.3 is 0 Å². The van der Waals surface area contributed by atoms with Gasteiger partial charge in [-0.3, -0.25) is 13.9 Å². The zero-order valence-electron chi connectivity index (χ0n) is 24.5. The molecule has 0 spiro atoms. The molecule has 3 aromatic carbocycles. The predicted octanol–water partition coefficient (Wildman–Crippen LogP) is 5.31. The lowest BCUT2D eigenvalue weighted by Gasteiger charge is -2.34. The summed E-state index contributed by atoms with van der Waals surface area (Å²) in [6.07, 6.45) is 1.10. The van der Waals surface area contributed by atoms with Gasteiger partial charge in [0.1, 0.15) is 18.3 Å². The minimum Gasteiger partial charge on any atom is -0.492 e. The molecule has 3 aromatic rings. The number of nitrogens with zero attached hydrogens (tertiary/aromatic N) is 2. The Bertz CT molecular complexity index is 1410. The van der Waals surface area contributed by atoms with E-state index in [0.29, 0.717) is 18.8 Å². The van der Waals surface area contributed by atoms with Gasteiger partial charge in [0, 0.05) is 12.6 Å². The molecule has 0 saturated heterocycles. The Labute approximate surface area is 244 Å². The average Bonchev–Trinajstić information content (AvgIpc) is 2.96. The molecule has 220 valence electrons. The highest BCUT2D eigenvalue weighted by atomic mass is 32.2. The number of ether oxygens (including phenoxy) is 1. The van der Waals surface area contributed by atoms with Gasteiger partial charge in [-0.25, -0.2) is 8.42 Å². The van der Waals surface area contributed by atoms with Crippen molar-refractivity contribution in [2.75, 3.05) is 17.5 Å². The second-order valence-electron chi connectivity index (χ2n) is 9.98. The fourth-order valence-electron chi connectivity index (χ4n) is 4.54. The summed E-state index contributed by atoms with van der Waals surface area (Å²) in [6, 6.07) is 21.6. The molecule has 0 heterocycles. The SMILES string of the molecule is CCOc1ccccc1N(CC(=O)N(Cc1cccc(C)c1)[C@@H](CC)C(=O)N[C@H](C)CC)S(=O)(=O)c1ccccc1. The summed E-state index contributed by atoms with van der Waals surface area (Å²) in [7, 11) is -4.17. The molecular weight excluding hydrogens is 538 g/mol. The summed E-state index contributed by atoms with van der Waals surface area (Å²) in [5.41, 5.74) is 2.12. The molecule has 2 amide bonds. The number of hydrogen-bond donors (Lipinski definition) is 1. The first-order valence-corrected chi connectivity index (χ1v) is 15.5. The Hall–Kier alpha value is -3.85. The standard InChI is InChI=1S/C32H41N3O5S/c1-6-25(5)33-32(37)28(7-2)34(22-26-16-14-15-24(4)21-26)31(36)23-35(29-19-12-13-20-30(29)40-8-3)41(38,39)27-17-10-9-11-18-27/h9-21,25,28H,6-8,22-23H2,1-5H3,(H,33,37)/t25-,28+/m1/s1. The van der Waals surface area contributed by atoms with E-state index in [4.69, 9.17) is 4.74 Å². The summed E-state index contributed by atoms with van der Waals surface area (Å²) in [5, 5.41) is 3.00. The van der Waals surface area contributed by atoms with Crippen LogP contribution in [0.4, 0.5) is 5.69 Å². The van der Waals surface area contributed by atoms with Crippen molar-refractivity contribution in [1.29, 1.82) is 0 Å². The number of nitrogens with one attached hydrogen (secondary N) is 1. The normalized spacial score (nSPS) is 12.7. The number of aryl methyl sites for hydroxylation is 1. The van der Waals surface area contributed by atoms with E-state index < -0.39 is 28.5 Å². The summed E-state index contributed by atoms with van der Waals surface area (Å²) >= 11 is 0. The van der Waals surface area contributed by atoms with E-state index in [-0.39, 0.29) is 29.1 Å². The van der Waals surface area contributed by atoms with Gasteiger partial charge in [0.05, 0.1) is 17.2 Å². The van der Waals surface area contributed by atoms with Crippen LogP contribution in [0, 0.1) is 6.92 Å². The molecular formula is C32H41N3O5S. The maximum Gasteiger partial charge on any atom is 0.264 e. The molecule has 0 aliphatic carbocycles. The van der Waals surface area contributed by atoms with Crippen LogP contribution in [0.1, 0.15) is 51.7 Å². The monoisotopic (exact) mass is 579 g/mol. The number of para-hydroxylation sites is 2. The van der Waals surface area contributed by atoms with Gasteiger partial charge < -0.3 is 15.0 Å². The van der Waals surface area contributed by atoms with Crippen molar-refractivity contribution >= 4 is 27.5 Å². The maximum atomic E-state index is 14.2. The van der Waals surface area contributed by atoms with E-state index in [9.17, 15) is 18.0 Å². The molecule has 41 heavy (non-hydrogen) atoms. The van der Waals surface area contributed by atoms with Crippen molar-refractivity contribution in [2.24, 2.45) is 0 Å². The lowest BCUT2D eigenvalue weighted by Crippen LogP contribution is -2.53. The fraction of sp³-hybridized carbons (Fsp3) is 0.375. The Morgan fingerprint density at radius 2 is 1.59 bits per heavy atom. The Morgan fingerprint density at radius 1 is 0.902 bits per heavy atom. The first kappa shape index (κ1) is 31.7. The quantitative estimate of drug-likeness (QED) is 0.279. The van der Waals surface area contributed by atoms with Crippen LogP contribution in [-0.2, 0) is 26.2 Å². The number of carbonyl (C=O) groups excluding carboxylic acids is 2. The fourth-order valence-corrected chi connectivity index (χ4v) is 5.99. The largest absolute Gasteiger partial charge is 0.492 e. The molecule has 0 fully saturated rings. The topological polar surface area (TPSA) is 96.0 Å². The van der Waals surface area contributed by atoms with E-state index >= 15 is 0 Å². The lowest BCUT2D eigenvalue weighted by atomic mass is 10.1. The lowest BCUT2D eigenvalue weighted by molar-refractivity contribution is -0.140. The first-order chi connectivity index (χ1) is 19.6. The van der Waals surface area contributed by atoms with Gasteiger partial charge in [-0.15, -0.1) is 0 Å². The Kier molecular flexibility index (Phi) is 11.3. The van der Waals surface area contributed by atoms with Crippen molar-refractivity contribution in [3.05, 3.63) is 90.0 Å². The second-order valence-corrected chi connectivity index (χ2v) is 11.8. The molecule has 1 N–H and O–H groups in total. The van der Waals surface area contributed by atoms with Crippen LogP contribution in [0.2, 0.25) is 0 Å². The van der Waals surface area contributed by atoms with Crippen LogP contribution >= 0.6 is 0 Å². The zero-order chi connectivity index (χ0) is 30.0. The summed E-state index contributed by atoms with van der Waals surface area (Å²) in [6.45, 7) is 9.46. The van der Waals surface area contributed by atoms with Crippen LogP contribution in [0.15, 0.2) is 83.8 Å². The van der Waals surface area contributed by atoms with Crippen molar-refractivity contribution in [1.82, 2.24) is 10.2 Å².